The Morgan fingerprint density at radius 1 is 0.533 bits per heavy atom. The maximum Gasteiger partial charge on any atom is 0.305 e. The number of piperidine rings is 1. The lowest BCUT2D eigenvalue weighted by molar-refractivity contribution is -0.146. The van der Waals surface area contributed by atoms with Crippen LogP contribution in [-0.2, 0) is 34.5 Å². The minimum absolute atomic E-state index is 0.00199. The topological polar surface area (TPSA) is 85.4 Å². The Bertz CT molecular complexity index is 1280. The summed E-state index contributed by atoms with van der Waals surface area (Å²) >= 11 is 0. The van der Waals surface area contributed by atoms with E-state index in [0.29, 0.717) is 49.9 Å². The summed E-state index contributed by atoms with van der Waals surface area (Å²) in [4.78, 5) is 28.1. The zero-order valence-corrected chi connectivity index (χ0v) is 53.8. The third-order valence-corrected chi connectivity index (χ3v) is 23.5. The van der Waals surface area contributed by atoms with Gasteiger partial charge in [0, 0.05) is 44.3 Å². The summed E-state index contributed by atoms with van der Waals surface area (Å²) in [6.45, 7) is 29.2. The second-order valence-corrected chi connectivity index (χ2v) is 31.7. The molecule has 0 saturated carbocycles. The predicted octanol–water partition coefficient (Wildman–Crippen LogP) is 19.3. The van der Waals surface area contributed by atoms with E-state index in [2.05, 4.69) is 77.7 Å². The third kappa shape index (κ3) is 39.3. The van der Waals surface area contributed by atoms with Crippen LogP contribution in [0, 0.1) is 17.8 Å². The van der Waals surface area contributed by atoms with Crippen LogP contribution in [0.5, 0.6) is 0 Å². The number of carbonyl (C=O) groups is 2. The lowest BCUT2D eigenvalue weighted by Gasteiger charge is -2.39. The summed E-state index contributed by atoms with van der Waals surface area (Å²) in [6, 6.07) is 0.354. The summed E-state index contributed by atoms with van der Waals surface area (Å²) in [7, 11) is -2.72. The molecule has 0 aliphatic carbocycles. The molecule has 0 aromatic rings. The fourth-order valence-corrected chi connectivity index (χ4v) is 13.5. The molecule has 0 aromatic carbocycles. The minimum Gasteiger partial charge on any atom is -0.465 e. The molecule has 75 heavy (non-hydrogen) atoms. The average molecular weight is 1100 g/mol. The maximum absolute atomic E-state index is 14.6. The van der Waals surface area contributed by atoms with E-state index in [9.17, 15) is 13.8 Å². The van der Waals surface area contributed by atoms with E-state index in [4.69, 9.17) is 13.9 Å². The van der Waals surface area contributed by atoms with Gasteiger partial charge in [-0.15, -0.1) is 0 Å². The molecular weight excluding hydrogens is 965 g/mol. The van der Waals surface area contributed by atoms with Gasteiger partial charge in [0.05, 0.1) is 24.2 Å². The molecule has 1 aliphatic heterocycles. The summed E-state index contributed by atoms with van der Waals surface area (Å²) in [5.74, 6) is 2.42. The summed E-state index contributed by atoms with van der Waals surface area (Å²) in [6.07, 6.45) is 46.3. The van der Waals surface area contributed by atoms with Crippen molar-refractivity contribution >= 4 is 31.2 Å². The number of hydrogen-bond donors (Lipinski definition) is 0. The number of likely N-dealkylation sites (tertiary alicyclic amines) is 1. The Morgan fingerprint density at radius 2 is 0.907 bits per heavy atom. The third-order valence-electron chi connectivity index (χ3n) is 17.3. The van der Waals surface area contributed by atoms with Gasteiger partial charge in [-0.05, 0) is 120 Å². The van der Waals surface area contributed by atoms with Crippen LogP contribution in [0.15, 0.2) is 0 Å². The molecule has 0 bridgehead atoms. The number of rotatable bonds is 53. The highest BCUT2D eigenvalue weighted by Gasteiger charge is 2.37. The van der Waals surface area contributed by atoms with Gasteiger partial charge in [-0.1, -0.05) is 229 Å². The van der Waals surface area contributed by atoms with Crippen molar-refractivity contribution in [2.75, 3.05) is 51.8 Å². The van der Waals surface area contributed by atoms with E-state index in [1.54, 1.807) is 0 Å². The zero-order chi connectivity index (χ0) is 55.3. The molecule has 0 amide bonds. The summed E-state index contributed by atoms with van der Waals surface area (Å²) in [5, 5.41) is 0.231. The molecule has 8 nitrogen and oxygen atoms in total. The van der Waals surface area contributed by atoms with Crippen LogP contribution in [0.4, 0.5) is 0 Å². The van der Waals surface area contributed by atoms with Gasteiger partial charge in [-0.3, -0.25) is 9.59 Å². The molecule has 1 saturated heterocycles. The first kappa shape index (κ1) is 72.2. The zero-order valence-electron chi connectivity index (χ0n) is 52.0. The molecule has 3 unspecified atom stereocenters. The molecule has 0 aromatic heterocycles. The normalized spacial score (nSPS) is 15.6. The number of nitrogens with zero attached hydrogens (tertiary/aromatic N) is 2. The van der Waals surface area contributed by atoms with E-state index in [1.165, 1.54) is 186 Å². The standard InChI is InChI=1S/C65H130N2O6SSi/c1-11-16-21-24-33-40-55-74(70)67(56-59-49-51-66(52-50-59)53-54-73-75(9,10)65(6,7)8)62(45-36-29-25-27-31-38-47-63(68)71-57-60(41-19-14-4)43-34-22-17-12-2)46-37-30-26-28-32-39-48-64(69)72-58-61(42-20-15-5)44-35-23-18-13-3/h59-62H,11-58H2,1-10H3. The molecule has 0 radical (unpaired) electrons. The minimum atomic E-state index is -1.76. The van der Waals surface area contributed by atoms with Crippen LogP contribution >= 0.6 is 0 Å². The van der Waals surface area contributed by atoms with Crippen LogP contribution in [0.3, 0.4) is 0 Å². The molecule has 1 rings (SSSR count). The monoisotopic (exact) mass is 1090 g/mol. The lowest BCUT2D eigenvalue weighted by atomic mass is 9.95. The van der Waals surface area contributed by atoms with Gasteiger partial charge < -0.3 is 18.8 Å². The van der Waals surface area contributed by atoms with E-state index < -0.39 is 19.3 Å². The average Bonchev–Trinajstić information content (AvgIpc) is 3.38. The molecular formula is C65H130N2O6SSi. The van der Waals surface area contributed by atoms with Gasteiger partial charge >= 0.3 is 11.9 Å². The number of carbonyl (C=O) groups excluding carboxylic acids is 2. The maximum atomic E-state index is 14.6. The molecule has 0 N–H and O–H groups in total. The van der Waals surface area contributed by atoms with Crippen molar-refractivity contribution in [2.45, 2.75) is 336 Å². The van der Waals surface area contributed by atoms with Gasteiger partial charge in [0.15, 0.2) is 8.32 Å². The second-order valence-electron chi connectivity index (χ2n) is 25.3. The van der Waals surface area contributed by atoms with Crippen LogP contribution < -0.4 is 0 Å². The van der Waals surface area contributed by atoms with Crippen molar-refractivity contribution in [3.8, 4) is 0 Å². The molecule has 1 heterocycles. The molecule has 446 valence electrons. The van der Waals surface area contributed by atoms with Crippen LogP contribution in [-0.4, -0.2) is 91.5 Å². The van der Waals surface area contributed by atoms with E-state index >= 15 is 0 Å². The highest BCUT2D eigenvalue weighted by atomic mass is 32.2. The first-order valence-corrected chi connectivity index (χ1v) is 37.2. The van der Waals surface area contributed by atoms with Gasteiger partial charge in [-0.2, -0.15) is 0 Å². The smallest absolute Gasteiger partial charge is 0.305 e. The van der Waals surface area contributed by atoms with Crippen molar-refractivity contribution in [2.24, 2.45) is 17.8 Å². The van der Waals surface area contributed by atoms with E-state index in [1.807, 2.05) is 0 Å². The molecule has 0 spiro atoms. The lowest BCUT2D eigenvalue weighted by Crippen LogP contribution is -2.46. The van der Waals surface area contributed by atoms with Crippen molar-refractivity contribution in [1.29, 1.82) is 0 Å². The van der Waals surface area contributed by atoms with Gasteiger partial charge in [0.1, 0.15) is 0 Å². The highest BCUT2D eigenvalue weighted by molar-refractivity contribution is 7.82. The largest absolute Gasteiger partial charge is 0.465 e. The summed E-state index contributed by atoms with van der Waals surface area (Å²) in [5.41, 5.74) is 0. The van der Waals surface area contributed by atoms with Crippen molar-refractivity contribution < 1.29 is 27.7 Å². The Morgan fingerprint density at radius 3 is 1.35 bits per heavy atom. The number of ether oxygens (including phenoxy) is 2. The SMILES string of the molecule is CCCCCCCCS(=O)N(CC1CCN(CCO[Si](C)(C)C(C)(C)C)CC1)C(CCCCCCCCC(=O)OCC(CCCC)CCCCCC)CCCCCCCCC(=O)OCC(CCCC)CCCCCC. The van der Waals surface area contributed by atoms with E-state index in [-0.39, 0.29) is 17.0 Å². The van der Waals surface area contributed by atoms with Crippen molar-refractivity contribution in [3.63, 3.8) is 0 Å². The van der Waals surface area contributed by atoms with Crippen molar-refractivity contribution in [1.82, 2.24) is 9.21 Å². The quantitative estimate of drug-likeness (QED) is 0.0341. The van der Waals surface area contributed by atoms with Crippen LogP contribution in [0.25, 0.3) is 0 Å². The van der Waals surface area contributed by atoms with Crippen molar-refractivity contribution in [3.05, 3.63) is 0 Å². The Labute approximate surface area is 471 Å². The number of unbranched alkanes of at least 4 members (excludes halogenated alkanes) is 23. The highest BCUT2D eigenvalue weighted by Crippen LogP contribution is 2.36. The molecule has 1 aliphatic rings. The van der Waals surface area contributed by atoms with Gasteiger partial charge in [-0.25, -0.2) is 8.51 Å². The van der Waals surface area contributed by atoms with Gasteiger partial charge in [0.2, 0.25) is 0 Å². The fourth-order valence-electron chi connectivity index (χ4n) is 10.9. The Balaban J connectivity index is 2.86. The fraction of sp³-hybridized carbons (Fsp3) is 0.969. The van der Waals surface area contributed by atoms with Gasteiger partial charge in [0.25, 0.3) is 0 Å². The van der Waals surface area contributed by atoms with Crippen LogP contribution in [0.1, 0.15) is 312 Å². The first-order valence-electron chi connectivity index (χ1n) is 33.0. The van der Waals surface area contributed by atoms with E-state index in [0.717, 1.165) is 96.3 Å². The Kier molecular flexibility index (Phi) is 46.2. The second kappa shape index (κ2) is 47.9. The predicted molar refractivity (Wildman–Crippen MR) is 329 cm³/mol. The number of hydrogen-bond acceptors (Lipinski definition) is 7. The molecule has 10 heteroatoms. The summed E-state index contributed by atoms with van der Waals surface area (Å²) < 4.78 is 35.4. The number of esters is 2. The Hall–Kier alpha value is -0.813. The molecule has 1 fully saturated rings. The molecule has 3 atom stereocenters. The van der Waals surface area contributed by atoms with Crippen LogP contribution in [0.2, 0.25) is 18.1 Å². The first-order chi connectivity index (χ1) is 36.2.